The summed E-state index contributed by atoms with van der Waals surface area (Å²) in [6.07, 6.45) is 3.19. The highest BCUT2D eigenvalue weighted by molar-refractivity contribution is 6.08. The standard InChI is InChI=1S/C21H24O5/c1-14(2)26-21-15(7-6-8-19(21)24-4)9-12-18(22)17-11-10-16(23-3)13-20(17)25-5/h6-14H,1-5H3/b12-9+. The largest absolute Gasteiger partial charge is 0.497 e. The molecule has 0 aliphatic heterocycles. The lowest BCUT2D eigenvalue weighted by Crippen LogP contribution is -2.08. The highest BCUT2D eigenvalue weighted by Gasteiger charge is 2.13. The van der Waals surface area contributed by atoms with E-state index in [-0.39, 0.29) is 11.9 Å². The number of carbonyl (C=O) groups excluding carboxylic acids is 1. The average molecular weight is 356 g/mol. The van der Waals surface area contributed by atoms with Gasteiger partial charge in [-0.2, -0.15) is 0 Å². The van der Waals surface area contributed by atoms with E-state index >= 15 is 0 Å². The second kappa shape index (κ2) is 8.94. The Kier molecular flexibility index (Phi) is 6.67. The molecule has 0 aliphatic rings. The molecule has 0 radical (unpaired) electrons. The minimum atomic E-state index is -0.178. The van der Waals surface area contributed by atoms with Crippen LogP contribution < -0.4 is 18.9 Å². The average Bonchev–Trinajstić information content (AvgIpc) is 2.65. The summed E-state index contributed by atoms with van der Waals surface area (Å²) in [5, 5.41) is 0. The summed E-state index contributed by atoms with van der Waals surface area (Å²) in [4.78, 5) is 12.6. The first-order valence-electron chi connectivity index (χ1n) is 8.28. The monoisotopic (exact) mass is 356 g/mol. The van der Waals surface area contributed by atoms with Crippen LogP contribution in [0, 0.1) is 0 Å². The van der Waals surface area contributed by atoms with Gasteiger partial charge in [0.15, 0.2) is 17.3 Å². The highest BCUT2D eigenvalue weighted by atomic mass is 16.5. The smallest absolute Gasteiger partial charge is 0.189 e. The molecule has 0 heterocycles. The van der Waals surface area contributed by atoms with Crippen LogP contribution in [-0.2, 0) is 0 Å². The molecule has 0 unspecified atom stereocenters. The van der Waals surface area contributed by atoms with Crippen molar-refractivity contribution in [2.24, 2.45) is 0 Å². The Bertz CT molecular complexity index is 793. The van der Waals surface area contributed by atoms with Gasteiger partial charge in [-0.3, -0.25) is 4.79 Å². The summed E-state index contributed by atoms with van der Waals surface area (Å²) in [6, 6.07) is 10.6. The van der Waals surface area contributed by atoms with E-state index in [1.807, 2.05) is 32.0 Å². The lowest BCUT2D eigenvalue weighted by molar-refractivity contribution is 0.104. The lowest BCUT2D eigenvalue weighted by atomic mass is 10.1. The minimum absolute atomic E-state index is 0.0177. The normalized spacial score (nSPS) is 10.8. The number of ether oxygens (including phenoxy) is 4. The van der Waals surface area contributed by atoms with E-state index in [1.54, 1.807) is 38.5 Å². The lowest BCUT2D eigenvalue weighted by Gasteiger charge is -2.15. The van der Waals surface area contributed by atoms with Crippen molar-refractivity contribution in [1.29, 1.82) is 0 Å². The van der Waals surface area contributed by atoms with Gasteiger partial charge in [-0.05, 0) is 44.2 Å². The third-order valence-electron chi connectivity index (χ3n) is 3.67. The zero-order valence-corrected chi connectivity index (χ0v) is 15.7. The van der Waals surface area contributed by atoms with Crippen LogP contribution in [0.4, 0.5) is 0 Å². The van der Waals surface area contributed by atoms with Gasteiger partial charge in [0.25, 0.3) is 0 Å². The molecule has 0 aromatic heterocycles. The Balaban J connectivity index is 2.34. The maximum atomic E-state index is 12.6. The summed E-state index contributed by atoms with van der Waals surface area (Å²) in [6.45, 7) is 3.88. The van der Waals surface area contributed by atoms with Crippen molar-refractivity contribution in [3.8, 4) is 23.0 Å². The van der Waals surface area contributed by atoms with Crippen LogP contribution >= 0.6 is 0 Å². The molecule has 2 rings (SSSR count). The van der Waals surface area contributed by atoms with Crippen LogP contribution in [0.2, 0.25) is 0 Å². The van der Waals surface area contributed by atoms with Gasteiger partial charge in [0, 0.05) is 11.6 Å². The van der Waals surface area contributed by atoms with Crippen molar-refractivity contribution in [3.05, 3.63) is 53.6 Å². The first-order chi connectivity index (χ1) is 12.5. The van der Waals surface area contributed by atoms with E-state index < -0.39 is 0 Å². The van der Waals surface area contributed by atoms with Crippen molar-refractivity contribution >= 4 is 11.9 Å². The summed E-state index contributed by atoms with van der Waals surface area (Å²) in [7, 11) is 4.67. The first-order valence-corrected chi connectivity index (χ1v) is 8.28. The molecule has 0 amide bonds. The number of hydrogen-bond acceptors (Lipinski definition) is 5. The van der Waals surface area contributed by atoms with Crippen LogP contribution in [0.25, 0.3) is 6.08 Å². The SMILES string of the molecule is COc1ccc(C(=O)/C=C/c2cccc(OC)c2OC(C)C)c(OC)c1. The van der Waals surface area contributed by atoms with E-state index in [0.717, 1.165) is 5.56 Å². The van der Waals surface area contributed by atoms with Crippen molar-refractivity contribution in [2.45, 2.75) is 20.0 Å². The fraction of sp³-hybridized carbons (Fsp3) is 0.286. The quantitative estimate of drug-likeness (QED) is 0.518. The van der Waals surface area contributed by atoms with Crippen LogP contribution in [0.3, 0.4) is 0 Å². The number of ketones is 1. The summed E-state index contributed by atoms with van der Waals surface area (Å²) >= 11 is 0. The summed E-state index contributed by atoms with van der Waals surface area (Å²) in [5.74, 6) is 2.14. The molecule has 0 fully saturated rings. The molecule has 2 aromatic carbocycles. The minimum Gasteiger partial charge on any atom is -0.497 e. The fourth-order valence-corrected chi connectivity index (χ4v) is 2.44. The zero-order chi connectivity index (χ0) is 19.1. The van der Waals surface area contributed by atoms with Gasteiger partial charge in [-0.1, -0.05) is 12.1 Å². The molecule has 5 heteroatoms. The zero-order valence-electron chi connectivity index (χ0n) is 15.7. The van der Waals surface area contributed by atoms with E-state index in [0.29, 0.717) is 28.6 Å². The van der Waals surface area contributed by atoms with Gasteiger partial charge < -0.3 is 18.9 Å². The van der Waals surface area contributed by atoms with Crippen molar-refractivity contribution in [2.75, 3.05) is 21.3 Å². The maximum absolute atomic E-state index is 12.6. The molecule has 0 bridgehead atoms. The molecule has 0 saturated carbocycles. The molecule has 0 aliphatic carbocycles. The molecule has 0 spiro atoms. The topological polar surface area (TPSA) is 54.0 Å². The Morgan fingerprint density at radius 3 is 2.31 bits per heavy atom. The van der Waals surface area contributed by atoms with Crippen LogP contribution in [0.15, 0.2) is 42.5 Å². The number of carbonyl (C=O) groups is 1. The number of benzene rings is 2. The van der Waals surface area contributed by atoms with Gasteiger partial charge >= 0.3 is 0 Å². The Hall–Kier alpha value is -2.95. The molecule has 0 atom stereocenters. The number of para-hydroxylation sites is 1. The molecule has 0 N–H and O–H groups in total. The van der Waals surface area contributed by atoms with E-state index in [1.165, 1.54) is 13.2 Å². The fourth-order valence-electron chi connectivity index (χ4n) is 2.44. The summed E-state index contributed by atoms with van der Waals surface area (Å²) in [5.41, 5.74) is 1.22. The first kappa shape index (κ1) is 19.4. The predicted molar refractivity (Wildman–Crippen MR) is 102 cm³/mol. The second-order valence-electron chi connectivity index (χ2n) is 5.81. The number of methoxy groups -OCH3 is 3. The summed E-state index contributed by atoms with van der Waals surface area (Å²) < 4.78 is 21.7. The van der Waals surface area contributed by atoms with Crippen molar-refractivity contribution in [3.63, 3.8) is 0 Å². The molecule has 2 aromatic rings. The van der Waals surface area contributed by atoms with E-state index in [9.17, 15) is 4.79 Å². The predicted octanol–water partition coefficient (Wildman–Crippen LogP) is 4.40. The highest BCUT2D eigenvalue weighted by Crippen LogP contribution is 2.33. The van der Waals surface area contributed by atoms with Gasteiger partial charge in [-0.25, -0.2) is 0 Å². The van der Waals surface area contributed by atoms with Crippen molar-refractivity contribution in [1.82, 2.24) is 0 Å². The molecular weight excluding hydrogens is 332 g/mol. The molecule has 138 valence electrons. The number of rotatable bonds is 8. The van der Waals surface area contributed by atoms with E-state index in [2.05, 4.69) is 0 Å². The van der Waals surface area contributed by atoms with Gasteiger partial charge in [-0.15, -0.1) is 0 Å². The van der Waals surface area contributed by atoms with Crippen molar-refractivity contribution < 1.29 is 23.7 Å². The van der Waals surface area contributed by atoms with Crippen LogP contribution in [0.1, 0.15) is 29.8 Å². The Labute approximate surface area is 154 Å². The maximum Gasteiger partial charge on any atom is 0.189 e. The van der Waals surface area contributed by atoms with Gasteiger partial charge in [0.05, 0.1) is 33.0 Å². The Morgan fingerprint density at radius 1 is 0.962 bits per heavy atom. The molecular formula is C21H24O5. The number of allylic oxidation sites excluding steroid dienone is 1. The van der Waals surface area contributed by atoms with Gasteiger partial charge in [0.2, 0.25) is 0 Å². The third kappa shape index (κ3) is 4.57. The Morgan fingerprint density at radius 2 is 1.69 bits per heavy atom. The molecule has 5 nitrogen and oxygen atoms in total. The third-order valence-corrected chi connectivity index (χ3v) is 3.67. The molecule has 26 heavy (non-hydrogen) atoms. The second-order valence-corrected chi connectivity index (χ2v) is 5.81. The van der Waals surface area contributed by atoms with Crippen LogP contribution in [0.5, 0.6) is 23.0 Å². The molecule has 0 saturated heterocycles. The van der Waals surface area contributed by atoms with Crippen LogP contribution in [-0.4, -0.2) is 33.2 Å². The van der Waals surface area contributed by atoms with Gasteiger partial charge in [0.1, 0.15) is 11.5 Å². The number of hydrogen-bond donors (Lipinski definition) is 0. The van der Waals surface area contributed by atoms with E-state index in [4.69, 9.17) is 18.9 Å².